The Balaban J connectivity index is 0.000000140. The standard InChI is InChI=1S/C18H13.C13H10.Zr/c1-2-7-13(6-1)15-10-5-11-17-16-9-4-3-8-14(16)12-18(15)17;1-3-7-12(8-4-1)11-13-9-5-2-6-10-13;/h1-6,8-12H,7H2;1-10H;/q-1;;. The fraction of sp³-hybridized carbons (Fsp3) is 0.0323. The van der Waals surface area contributed by atoms with E-state index in [1.807, 2.05) is 0 Å². The summed E-state index contributed by atoms with van der Waals surface area (Å²) in [6, 6.07) is 38.7. The molecule has 0 aromatic heterocycles. The molecule has 0 saturated carbocycles. The van der Waals surface area contributed by atoms with Crippen molar-refractivity contribution in [2.75, 3.05) is 0 Å². The molecule has 5 aromatic carbocycles. The normalized spacial score (nSPS) is 12.4. The molecule has 0 atom stereocenters. The van der Waals surface area contributed by atoms with Crippen LogP contribution in [-0.4, -0.2) is 3.21 Å². The number of allylic oxidation sites excluding steroid dienone is 4. The monoisotopic (exact) mass is 485 g/mol. The third-order valence-corrected chi connectivity index (χ3v) is 7.32. The zero-order valence-electron chi connectivity index (χ0n) is 17.8. The molecule has 152 valence electrons. The van der Waals surface area contributed by atoms with Gasteiger partial charge in [-0.15, -0.1) is 33.7 Å². The molecule has 0 amide bonds. The molecule has 0 nitrogen and oxygen atoms in total. The number of hydrogen-bond acceptors (Lipinski definition) is 0. The van der Waals surface area contributed by atoms with Crippen LogP contribution in [0.4, 0.5) is 0 Å². The molecule has 0 aliphatic heterocycles. The second-order valence-electron chi connectivity index (χ2n) is 7.93. The quantitative estimate of drug-likeness (QED) is 0.228. The summed E-state index contributed by atoms with van der Waals surface area (Å²) in [7, 11) is 0. The number of hydrogen-bond donors (Lipinski definition) is 0. The summed E-state index contributed by atoms with van der Waals surface area (Å²) in [5, 5.41) is 5.46. The Morgan fingerprint density at radius 2 is 1.28 bits per heavy atom. The summed E-state index contributed by atoms with van der Waals surface area (Å²) in [5.41, 5.74) is 5.47. The molecule has 0 spiro atoms. The Morgan fingerprint density at radius 3 is 1.94 bits per heavy atom. The second-order valence-corrected chi connectivity index (χ2v) is 9.16. The molecular weight excluding hydrogens is 464 g/mol. The van der Waals surface area contributed by atoms with E-state index >= 15 is 0 Å². The van der Waals surface area contributed by atoms with Crippen molar-refractivity contribution in [2.45, 2.75) is 6.42 Å². The fourth-order valence-corrected chi connectivity index (χ4v) is 5.10. The van der Waals surface area contributed by atoms with Crippen LogP contribution in [-0.2, 0) is 24.2 Å². The van der Waals surface area contributed by atoms with Gasteiger partial charge in [0.1, 0.15) is 0 Å². The van der Waals surface area contributed by atoms with E-state index in [2.05, 4.69) is 127 Å². The number of rotatable bonds is 3. The van der Waals surface area contributed by atoms with Gasteiger partial charge in [0.15, 0.2) is 0 Å². The maximum atomic E-state index is 2.32. The van der Waals surface area contributed by atoms with Gasteiger partial charge in [-0.25, -0.2) is 0 Å². The van der Waals surface area contributed by atoms with Gasteiger partial charge in [-0.3, -0.25) is 0 Å². The van der Waals surface area contributed by atoms with Gasteiger partial charge in [-0.1, -0.05) is 65.8 Å². The Labute approximate surface area is 204 Å². The molecule has 0 saturated heterocycles. The zero-order valence-corrected chi connectivity index (χ0v) is 20.3. The molecule has 1 heteroatoms. The average molecular weight is 487 g/mol. The van der Waals surface area contributed by atoms with Crippen LogP contribution in [0.5, 0.6) is 0 Å². The molecule has 5 aromatic rings. The van der Waals surface area contributed by atoms with Crippen LogP contribution in [0.25, 0.3) is 27.1 Å². The molecule has 0 heterocycles. The van der Waals surface area contributed by atoms with E-state index in [0.29, 0.717) is 0 Å². The Morgan fingerprint density at radius 1 is 0.656 bits per heavy atom. The molecule has 0 fully saturated rings. The van der Waals surface area contributed by atoms with Gasteiger partial charge in [-0.2, -0.15) is 0 Å². The predicted octanol–water partition coefficient (Wildman–Crippen LogP) is 7.86. The van der Waals surface area contributed by atoms with Gasteiger partial charge < -0.3 is 0 Å². The fourth-order valence-electron chi connectivity index (χ4n) is 4.28. The van der Waals surface area contributed by atoms with Crippen molar-refractivity contribution in [3.8, 4) is 0 Å². The van der Waals surface area contributed by atoms with Crippen molar-refractivity contribution < 1.29 is 24.2 Å². The summed E-state index contributed by atoms with van der Waals surface area (Å²) in [5.74, 6) is 0. The second kappa shape index (κ2) is 9.64. The van der Waals surface area contributed by atoms with Crippen molar-refractivity contribution in [3.05, 3.63) is 144 Å². The molecule has 0 bridgehead atoms. The van der Waals surface area contributed by atoms with Gasteiger partial charge in [0.25, 0.3) is 0 Å². The molecule has 1 aliphatic rings. The molecule has 0 N–H and O–H groups in total. The molecule has 0 unspecified atom stereocenters. The Kier molecular flexibility index (Phi) is 6.28. The zero-order chi connectivity index (χ0) is 21.8. The Hall–Kier alpha value is -3.02. The van der Waals surface area contributed by atoms with Crippen LogP contribution in [0, 0.1) is 0 Å². The van der Waals surface area contributed by atoms with Crippen LogP contribution >= 0.6 is 0 Å². The number of fused-ring (bicyclic) bond motifs is 3. The van der Waals surface area contributed by atoms with Crippen molar-refractivity contribution >= 4 is 30.3 Å². The van der Waals surface area contributed by atoms with Crippen molar-refractivity contribution in [2.24, 2.45) is 0 Å². The van der Waals surface area contributed by atoms with Crippen LogP contribution < -0.4 is 0 Å². The van der Waals surface area contributed by atoms with Gasteiger partial charge >= 0.3 is 99.2 Å². The summed E-state index contributed by atoms with van der Waals surface area (Å²) in [6.07, 6.45) is 7.65. The minimum absolute atomic E-state index is 1.06. The topological polar surface area (TPSA) is 0 Å². The van der Waals surface area contributed by atoms with E-state index in [4.69, 9.17) is 0 Å². The van der Waals surface area contributed by atoms with Crippen LogP contribution in [0.2, 0.25) is 0 Å². The molecule has 6 rings (SSSR count). The van der Waals surface area contributed by atoms with Crippen LogP contribution in [0.1, 0.15) is 23.1 Å². The molecular formula is C31H23Zr-. The first-order valence-electron chi connectivity index (χ1n) is 10.9. The number of benzene rings is 4. The van der Waals surface area contributed by atoms with E-state index in [1.165, 1.54) is 71.2 Å². The van der Waals surface area contributed by atoms with Crippen molar-refractivity contribution in [3.63, 3.8) is 0 Å². The maximum absolute atomic E-state index is 2.32. The summed E-state index contributed by atoms with van der Waals surface area (Å²) >= 11 is 1.46. The summed E-state index contributed by atoms with van der Waals surface area (Å²) < 4.78 is 1.42. The predicted molar refractivity (Wildman–Crippen MR) is 135 cm³/mol. The molecule has 0 radical (unpaired) electrons. The minimum atomic E-state index is 1.06. The van der Waals surface area contributed by atoms with Crippen LogP contribution in [0.3, 0.4) is 0 Å². The van der Waals surface area contributed by atoms with E-state index in [9.17, 15) is 0 Å². The first kappa shape index (κ1) is 20.9. The van der Waals surface area contributed by atoms with Gasteiger partial charge in [0, 0.05) is 0 Å². The first-order chi connectivity index (χ1) is 15.8. The summed E-state index contributed by atoms with van der Waals surface area (Å²) in [6.45, 7) is 0. The van der Waals surface area contributed by atoms with E-state index in [1.54, 1.807) is 0 Å². The van der Waals surface area contributed by atoms with Gasteiger partial charge in [0.2, 0.25) is 0 Å². The average Bonchev–Trinajstić information content (AvgIpc) is 3.53. The third kappa shape index (κ3) is 4.31. The molecule has 1 aliphatic carbocycles. The van der Waals surface area contributed by atoms with E-state index in [0.717, 1.165) is 6.42 Å². The summed E-state index contributed by atoms with van der Waals surface area (Å²) in [4.78, 5) is 0. The van der Waals surface area contributed by atoms with Gasteiger partial charge in [0.05, 0.1) is 0 Å². The van der Waals surface area contributed by atoms with Crippen molar-refractivity contribution in [1.29, 1.82) is 0 Å². The first-order valence-corrected chi connectivity index (χ1v) is 12.2. The third-order valence-electron chi connectivity index (χ3n) is 5.90. The molecule has 32 heavy (non-hydrogen) atoms. The van der Waals surface area contributed by atoms with E-state index < -0.39 is 0 Å². The van der Waals surface area contributed by atoms with Crippen LogP contribution in [0.15, 0.2) is 127 Å². The van der Waals surface area contributed by atoms with E-state index in [-0.39, 0.29) is 0 Å². The van der Waals surface area contributed by atoms with Crippen molar-refractivity contribution in [1.82, 2.24) is 0 Å². The Bertz CT molecular complexity index is 1390. The SMILES string of the molecule is C1=CCC(c2cccc3c2[cH-]c2ccccc23)=C1.[Zr]=[C](c1ccccc1)c1ccccc1. The van der Waals surface area contributed by atoms with Gasteiger partial charge in [-0.05, 0) is 6.42 Å².